The van der Waals surface area contributed by atoms with Gasteiger partial charge in [0.2, 0.25) is 0 Å². The minimum Gasteiger partial charge on any atom is -0.497 e. The minimum atomic E-state index is -0.300. The SMILES string of the molecule is COc1cccc(Oc2cccc(F)c2CCN)c1. The average molecular weight is 261 g/mol. The van der Waals surface area contributed by atoms with Gasteiger partial charge in [-0.1, -0.05) is 12.1 Å². The largest absolute Gasteiger partial charge is 0.497 e. The number of hydrogen-bond donors (Lipinski definition) is 1. The van der Waals surface area contributed by atoms with Crippen molar-refractivity contribution in [1.29, 1.82) is 0 Å². The summed E-state index contributed by atoms with van der Waals surface area (Å²) in [5.74, 6) is 1.47. The molecule has 0 atom stereocenters. The molecular formula is C15H16FNO2. The number of hydrogen-bond acceptors (Lipinski definition) is 3. The fourth-order valence-electron chi connectivity index (χ4n) is 1.81. The molecule has 0 amide bonds. The van der Waals surface area contributed by atoms with Crippen LogP contribution in [0.2, 0.25) is 0 Å². The smallest absolute Gasteiger partial charge is 0.133 e. The Hall–Kier alpha value is -2.07. The molecule has 0 unspecified atom stereocenters. The molecule has 0 saturated carbocycles. The summed E-state index contributed by atoms with van der Waals surface area (Å²) in [4.78, 5) is 0. The molecule has 0 radical (unpaired) electrons. The molecule has 4 heteroatoms. The molecule has 0 aromatic heterocycles. The van der Waals surface area contributed by atoms with E-state index in [0.717, 1.165) is 0 Å². The maximum atomic E-state index is 13.7. The molecule has 2 aromatic rings. The van der Waals surface area contributed by atoms with Gasteiger partial charge in [0.1, 0.15) is 23.1 Å². The van der Waals surface area contributed by atoms with Gasteiger partial charge in [0.25, 0.3) is 0 Å². The van der Waals surface area contributed by atoms with Crippen LogP contribution < -0.4 is 15.2 Å². The van der Waals surface area contributed by atoms with Gasteiger partial charge in [-0.2, -0.15) is 0 Å². The predicted octanol–water partition coefficient (Wildman–Crippen LogP) is 3.13. The number of ether oxygens (including phenoxy) is 2. The van der Waals surface area contributed by atoms with Gasteiger partial charge in [-0.15, -0.1) is 0 Å². The molecule has 19 heavy (non-hydrogen) atoms. The van der Waals surface area contributed by atoms with Crippen LogP contribution in [0.15, 0.2) is 42.5 Å². The van der Waals surface area contributed by atoms with Crippen molar-refractivity contribution in [3.63, 3.8) is 0 Å². The molecule has 2 rings (SSSR count). The van der Waals surface area contributed by atoms with Gasteiger partial charge in [0, 0.05) is 11.6 Å². The van der Waals surface area contributed by atoms with Crippen molar-refractivity contribution in [2.45, 2.75) is 6.42 Å². The van der Waals surface area contributed by atoms with E-state index in [0.29, 0.717) is 35.8 Å². The second-order valence-electron chi connectivity index (χ2n) is 4.04. The first-order valence-electron chi connectivity index (χ1n) is 6.04. The number of rotatable bonds is 5. The fraction of sp³-hybridized carbons (Fsp3) is 0.200. The Bertz CT molecular complexity index is 558. The number of nitrogens with two attached hydrogens (primary N) is 1. The molecular weight excluding hydrogens is 245 g/mol. The van der Waals surface area contributed by atoms with Crippen LogP contribution >= 0.6 is 0 Å². The quantitative estimate of drug-likeness (QED) is 0.899. The molecule has 100 valence electrons. The minimum absolute atomic E-state index is 0.300. The molecule has 0 fully saturated rings. The van der Waals surface area contributed by atoms with Crippen molar-refractivity contribution in [3.05, 3.63) is 53.8 Å². The molecule has 0 aliphatic heterocycles. The van der Waals surface area contributed by atoms with Crippen LogP contribution in [0, 0.1) is 5.82 Å². The summed E-state index contributed by atoms with van der Waals surface area (Å²) < 4.78 is 24.6. The van der Waals surface area contributed by atoms with Crippen LogP contribution in [-0.4, -0.2) is 13.7 Å². The third-order valence-corrected chi connectivity index (χ3v) is 2.74. The van der Waals surface area contributed by atoms with E-state index >= 15 is 0 Å². The first-order valence-corrected chi connectivity index (χ1v) is 6.04. The van der Waals surface area contributed by atoms with E-state index in [9.17, 15) is 4.39 Å². The Kier molecular flexibility index (Phi) is 4.36. The highest BCUT2D eigenvalue weighted by Crippen LogP contribution is 2.29. The van der Waals surface area contributed by atoms with E-state index in [1.165, 1.54) is 6.07 Å². The summed E-state index contributed by atoms with van der Waals surface area (Å²) in [5, 5.41) is 0. The zero-order valence-corrected chi connectivity index (χ0v) is 10.7. The van der Waals surface area contributed by atoms with Crippen molar-refractivity contribution in [3.8, 4) is 17.2 Å². The third kappa shape index (κ3) is 3.23. The molecule has 0 bridgehead atoms. The van der Waals surface area contributed by atoms with Gasteiger partial charge < -0.3 is 15.2 Å². The Morgan fingerprint density at radius 3 is 2.58 bits per heavy atom. The van der Waals surface area contributed by atoms with E-state index in [-0.39, 0.29) is 5.82 Å². The van der Waals surface area contributed by atoms with E-state index in [1.807, 2.05) is 12.1 Å². The third-order valence-electron chi connectivity index (χ3n) is 2.74. The fourth-order valence-corrected chi connectivity index (χ4v) is 1.81. The Balaban J connectivity index is 2.29. The van der Waals surface area contributed by atoms with Crippen molar-refractivity contribution in [2.75, 3.05) is 13.7 Å². The molecule has 0 heterocycles. The standard InChI is InChI=1S/C15H16FNO2/c1-18-11-4-2-5-12(10-11)19-15-7-3-6-14(16)13(15)8-9-17/h2-7,10H,8-9,17H2,1H3. The zero-order valence-electron chi connectivity index (χ0n) is 10.7. The molecule has 0 spiro atoms. The second kappa shape index (κ2) is 6.20. The summed E-state index contributed by atoms with van der Waals surface area (Å²) >= 11 is 0. The monoisotopic (exact) mass is 261 g/mol. The molecule has 2 N–H and O–H groups in total. The lowest BCUT2D eigenvalue weighted by Gasteiger charge is -2.12. The van der Waals surface area contributed by atoms with Crippen LogP contribution in [0.4, 0.5) is 4.39 Å². The molecule has 0 aliphatic rings. The van der Waals surface area contributed by atoms with Gasteiger partial charge in [-0.05, 0) is 37.2 Å². The summed E-state index contributed by atoms with van der Waals surface area (Å²) in [6.07, 6.45) is 0.436. The molecule has 0 saturated heterocycles. The highest BCUT2D eigenvalue weighted by molar-refractivity contribution is 5.41. The van der Waals surface area contributed by atoms with Crippen LogP contribution in [0.1, 0.15) is 5.56 Å². The van der Waals surface area contributed by atoms with Gasteiger partial charge in [-0.3, -0.25) is 0 Å². The lowest BCUT2D eigenvalue weighted by Crippen LogP contribution is -2.06. The summed E-state index contributed by atoms with van der Waals surface area (Å²) in [7, 11) is 1.58. The maximum absolute atomic E-state index is 13.7. The lowest BCUT2D eigenvalue weighted by atomic mass is 10.1. The zero-order chi connectivity index (χ0) is 13.7. The summed E-state index contributed by atoms with van der Waals surface area (Å²) in [6.45, 7) is 0.370. The maximum Gasteiger partial charge on any atom is 0.133 e. The number of benzene rings is 2. The first-order chi connectivity index (χ1) is 9.24. The van der Waals surface area contributed by atoms with Crippen molar-refractivity contribution >= 4 is 0 Å². The van der Waals surface area contributed by atoms with Gasteiger partial charge in [0.15, 0.2) is 0 Å². The topological polar surface area (TPSA) is 44.5 Å². The van der Waals surface area contributed by atoms with Crippen molar-refractivity contribution in [2.24, 2.45) is 5.73 Å². The predicted molar refractivity (Wildman–Crippen MR) is 72.2 cm³/mol. The summed E-state index contributed by atoms with van der Waals surface area (Å²) in [6, 6.07) is 11.9. The van der Waals surface area contributed by atoms with Crippen LogP contribution in [0.3, 0.4) is 0 Å². The Labute approximate surface area is 111 Å². The molecule has 3 nitrogen and oxygen atoms in total. The molecule has 0 aliphatic carbocycles. The molecule has 2 aromatic carbocycles. The van der Waals surface area contributed by atoms with Crippen LogP contribution in [0.25, 0.3) is 0 Å². The van der Waals surface area contributed by atoms with Gasteiger partial charge in [-0.25, -0.2) is 4.39 Å². The highest BCUT2D eigenvalue weighted by Gasteiger charge is 2.10. The summed E-state index contributed by atoms with van der Waals surface area (Å²) in [5.41, 5.74) is 5.99. The van der Waals surface area contributed by atoms with E-state index in [1.54, 1.807) is 31.4 Å². The van der Waals surface area contributed by atoms with E-state index in [2.05, 4.69) is 0 Å². The second-order valence-corrected chi connectivity index (χ2v) is 4.04. The average Bonchev–Trinajstić information content (AvgIpc) is 2.43. The van der Waals surface area contributed by atoms with Gasteiger partial charge in [0.05, 0.1) is 7.11 Å². The van der Waals surface area contributed by atoms with Crippen molar-refractivity contribution < 1.29 is 13.9 Å². The number of methoxy groups -OCH3 is 1. The Morgan fingerprint density at radius 1 is 1.11 bits per heavy atom. The normalized spacial score (nSPS) is 10.3. The van der Waals surface area contributed by atoms with Gasteiger partial charge >= 0.3 is 0 Å². The lowest BCUT2D eigenvalue weighted by molar-refractivity contribution is 0.408. The first kappa shape index (κ1) is 13.4. The van der Waals surface area contributed by atoms with E-state index < -0.39 is 0 Å². The Morgan fingerprint density at radius 2 is 1.84 bits per heavy atom. The van der Waals surface area contributed by atoms with Crippen molar-refractivity contribution in [1.82, 2.24) is 0 Å². The highest BCUT2D eigenvalue weighted by atomic mass is 19.1. The van der Waals surface area contributed by atoms with Crippen LogP contribution in [0.5, 0.6) is 17.2 Å². The van der Waals surface area contributed by atoms with Crippen LogP contribution in [-0.2, 0) is 6.42 Å². The van der Waals surface area contributed by atoms with E-state index in [4.69, 9.17) is 15.2 Å². The number of halogens is 1.